The van der Waals surface area contributed by atoms with Crippen LogP contribution in [-0.2, 0) is 9.53 Å². The minimum Gasteiger partial charge on any atom is -0.384 e. The summed E-state index contributed by atoms with van der Waals surface area (Å²) in [5, 5.41) is 3.32. The monoisotopic (exact) mass is 266 g/mol. The smallest absolute Gasteiger partial charge is 0.226 e. The molecule has 96 valence electrons. The molecule has 0 atom stereocenters. The van der Waals surface area contributed by atoms with Gasteiger partial charge in [-0.15, -0.1) is 0 Å². The molecule has 0 radical (unpaired) electrons. The summed E-state index contributed by atoms with van der Waals surface area (Å²) in [7, 11) is 1.55. The molecule has 18 heavy (non-hydrogen) atoms. The first-order chi connectivity index (χ1) is 8.67. The van der Waals surface area contributed by atoms with Crippen molar-refractivity contribution in [2.45, 2.75) is 6.42 Å². The van der Waals surface area contributed by atoms with Gasteiger partial charge in [-0.1, -0.05) is 23.4 Å². The van der Waals surface area contributed by atoms with E-state index in [2.05, 4.69) is 17.2 Å². The Hall–Kier alpha value is -1.54. The van der Waals surface area contributed by atoms with Crippen LogP contribution in [0.2, 0.25) is 5.02 Å². The van der Waals surface area contributed by atoms with E-state index in [0.717, 1.165) is 0 Å². The molecule has 0 aliphatic carbocycles. The number of nitrogens with two attached hydrogens (primary N) is 1. The average molecular weight is 267 g/mol. The normalized spacial score (nSPS) is 9.50. The molecule has 0 heterocycles. The van der Waals surface area contributed by atoms with Crippen LogP contribution < -0.4 is 11.1 Å². The number of anilines is 1. The molecule has 0 saturated heterocycles. The number of nitrogens with one attached hydrogen (secondary N) is 1. The summed E-state index contributed by atoms with van der Waals surface area (Å²) in [4.78, 5) is 11.6. The average Bonchev–Trinajstić information content (AvgIpc) is 2.36. The Morgan fingerprint density at radius 3 is 3.00 bits per heavy atom. The van der Waals surface area contributed by atoms with Crippen LogP contribution in [0.15, 0.2) is 18.2 Å². The number of amides is 1. The second-order valence-corrected chi connectivity index (χ2v) is 3.92. The fourth-order valence-corrected chi connectivity index (χ4v) is 1.45. The third kappa shape index (κ3) is 4.76. The van der Waals surface area contributed by atoms with Gasteiger partial charge in [-0.05, 0) is 18.2 Å². The van der Waals surface area contributed by atoms with E-state index in [1.807, 2.05) is 0 Å². The van der Waals surface area contributed by atoms with Crippen LogP contribution >= 0.6 is 11.6 Å². The third-order valence-corrected chi connectivity index (χ3v) is 2.35. The zero-order valence-corrected chi connectivity index (χ0v) is 10.9. The molecule has 0 aliphatic rings. The minimum absolute atomic E-state index is 0.130. The van der Waals surface area contributed by atoms with E-state index in [9.17, 15) is 4.79 Å². The first kappa shape index (κ1) is 14.5. The van der Waals surface area contributed by atoms with Gasteiger partial charge in [0.05, 0.1) is 25.3 Å². The largest absolute Gasteiger partial charge is 0.384 e. The lowest BCUT2D eigenvalue weighted by molar-refractivity contribution is -0.117. The van der Waals surface area contributed by atoms with Gasteiger partial charge in [0, 0.05) is 17.7 Å². The van der Waals surface area contributed by atoms with E-state index in [1.165, 1.54) is 0 Å². The second kappa shape index (κ2) is 7.72. The Kier molecular flexibility index (Phi) is 6.23. The van der Waals surface area contributed by atoms with Crippen molar-refractivity contribution < 1.29 is 9.53 Å². The molecule has 3 N–H and O–H groups in total. The predicted octanol–water partition coefficient (Wildman–Crippen LogP) is 1.63. The zero-order valence-electron chi connectivity index (χ0n) is 10.1. The van der Waals surface area contributed by atoms with Crippen LogP contribution in [0.5, 0.6) is 0 Å². The SMILES string of the molecule is COCCC(=O)Nc1ccc(Cl)cc1C#CCN. The van der Waals surface area contributed by atoms with Crippen molar-refractivity contribution >= 4 is 23.2 Å². The van der Waals surface area contributed by atoms with Crippen molar-refractivity contribution in [3.8, 4) is 11.8 Å². The Labute approximate surface area is 111 Å². The first-order valence-corrected chi connectivity index (χ1v) is 5.82. The molecule has 4 nitrogen and oxygen atoms in total. The number of carbonyl (C=O) groups is 1. The molecule has 0 aliphatic heterocycles. The van der Waals surface area contributed by atoms with Gasteiger partial charge in [0.25, 0.3) is 0 Å². The molecule has 0 spiro atoms. The van der Waals surface area contributed by atoms with Gasteiger partial charge in [-0.2, -0.15) is 0 Å². The molecule has 0 unspecified atom stereocenters. The summed E-state index contributed by atoms with van der Waals surface area (Å²) in [6.07, 6.45) is 0.295. The standard InChI is InChI=1S/C13H15ClN2O2/c1-18-8-6-13(17)16-12-5-4-11(14)9-10(12)3-2-7-15/h4-5,9H,6-8,15H2,1H3,(H,16,17). The molecule has 0 fully saturated rings. The highest BCUT2D eigenvalue weighted by atomic mass is 35.5. The zero-order chi connectivity index (χ0) is 13.4. The van der Waals surface area contributed by atoms with Crippen LogP contribution in [0.4, 0.5) is 5.69 Å². The Balaban J connectivity index is 2.84. The summed E-state index contributed by atoms with van der Waals surface area (Å²) >= 11 is 5.88. The van der Waals surface area contributed by atoms with Crippen molar-refractivity contribution in [3.05, 3.63) is 28.8 Å². The highest BCUT2D eigenvalue weighted by molar-refractivity contribution is 6.30. The van der Waals surface area contributed by atoms with E-state index in [0.29, 0.717) is 29.3 Å². The van der Waals surface area contributed by atoms with Crippen molar-refractivity contribution in [2.24, 2.45) is 5.73 Å². The third-order valence-electron chi connectivity index (χ3n) is 2.11. The van der Waals surface area contributed by atoms with Gasteiger partial charge in [0.15, 0.2) is 0 Å². The summed E-state index contributed by atoms with van der Waals surface area (Å²) in [6.45, 7) is 0.632. The highest BCUT2D eigenvalue weighted by Crippen LogP contribution is 2.20. The van der Waals surface area contributed by atoms with Gasteiger partial charge in [0.2, 0.25) is 5.91 Å². The van der Waals surface area contributed by atoms with Gasteiger partial charge >= 0.3 is 0 Å². The maximum absolute atomic E-state index is 11.6. The molecule has 1 rings (SSSR count). The molecular formula is C13H15ClN2O2. The first-order valence-electron chi connectivity index (χ1n) is 5.44. The van der Waals surface area contributed by atoms with E-state index >= 15 is 0 Å². The Bertz CT molecular complexity index is 478. The van der Waals surface area contributed by atoms with Gasteiger partial charge in [-0.3, -0.25) is 4.79 Å². The lowest BCUT2D eigenvalue weighted by Crippen LogP contribution is -2.14. The number of halogens is 1. The van der Waals surface area contributed by atoms with Crippen molar-refractivity contribution in [1.29, 1.82) is 0 Å². The lowest BCUT2D eigenvalue weighted by atomic mass is 10.1. The Morgan fingerprint density at radius 1 is 1.56 bits per heavy atom. The summed E-state index contributed by atoms with van der Waals surface area (Å²) < 4.78 is 4.84. The number of ether oxygens (including phenoxy) is 1. The van der Waals surface area contributed by atoms with Crippen molar-refractivity contribution in [2.75, 3.05) is 25.6 Å². The number of methoxy groups -OCH3 is 1. The van der Waals surface area contributed by atoms with Gasteiger partial charge < -0.3 is 15.8 Å². The number of benzene rings is 1. The predicted molar refractivity (Wildman–Crippen MR) is 72.5 cm³/mol. The molecule has 5 heteroatoms. The fourth-order valence-electron chi connectivity index (χ4n) is 1.28. The van der Waals surface area contributed by atoms with E-state index in [-0.39, 0.29) is 12.5 Å². The summed E-state index contributed by atoms with van der Waals surface area (Å²) in [6, 6.07) is 5.10. The van der Waals surface area contributed by atoms with Crippen molar-refractivity contribution in [3.63, 3.8) is 0 Å². The maximum atomic E-state index is 11.6. The van der Waals surface area contributed by atoms with E-state index in [1.54, 1.807) is 25.3 Å². The lowest BCUT2D eigenvalue weighted by Gasteiger charge is -2.07. The number of rotatable bonds is 4. The van der Waals surface area contributed by atoms with E-state index in [4.69, 9.17) is 22.1 Å². The summed E-state index contributed by atoms with van der Waals surface area (Å²) in [5.41, 5.74) is 6.60. The molecule has 0 aromatic heterocycles. The fraction of sp³-hybridized carbons (Fsp3) is 0.308. The molecule has 0 bridgehead atoms. The highest BCUT2D eigenvalue weighted by Gasteiger charge is 2.06. The van der Waals surface area contributed by atoms with Crippen LogP contribution in [0.1, 0.15) is 12.0 Å². The van der Waals surface area contributed by atoms with Crippen LogP contribution in [0, 0.1) is 11.8 Å². The number of hydrogen-bond acceptors (Lipinski definition) is 3. The molecule has 1 aromatic rings. The molecule has 1 aromatic carbocycles. The van der Waals surface area contributed by atoms with Crippen molar-refractivity contribution in [1.82, 2.24) is 0 Å². The topological polar surface area (TPSA) is 64.3 Å². The van der Waals surface area contributed by atoms with Crippen LogP contribution in [0.25, 0.3) is 0 Å². The van der Waals surface area contributed by atoms with Crippen LogP contribution in [-0.4, -0.2) is 26.2 Å². The van der Waals surface area contributed by atoms with Gasteiger partial charge in [-0.25, -0.2) is 0 Å². The number of carbonyl (C=O) groups excluding carboxylic acids is 1. The maximum Gasteiger partial charge on any atom is 0.226 e. The molecular weight excluding hydrogens is 252 g/mol. The quantitative estimate of drug-likeness (QED) is 0.814. The number of hydrogen-bond donors (Lipinski definition) is 2. The summed E-state index contributed by atoms with van der Waals surface area (Å²) in [5.74, 6) is 5.47. The van der Waals surface area contributed by atoms with Crippen LogP contribution in [0.3, 0.4) is 0 Å². The minimum atomic E-state index is -0.130. The molecule has 1 amide bonds. The van der Waals surface area contributed by atoms with E-state index < -0.39 is 0 Å². The second-order valence-electron chi connectivity index (χ2n) is 3.49. The molecule has 0 saturated carbocycles. The Morgan fingerprint density at radius 2 is 2.33 bits per heavy atom. The van der Waals surface area contributed by atoms with Gasteiger partial charge in [0.1, 0.15) is 0 Å².